The van der Waals surface area contributed by atoms with Crippen LogP contribution in [0.4, 0.5) is 0 Å². The number of hydrogen-bond acceptors (Lipinski definition) is 0. The van der Waals surface area contributed by atoms with Crippen molar-refractivity contribution in [3.63, 3.8) is 0 Å². The Hall–Kier alpha value is -1.82. The molecule has 0 amide bonds. The van der Waals surface area contributed by atoms with Crippen molar-refractivity contribution < 1.29 is 0 Å². The van der Waals surface area contributed by atoms with Crippen LogP contribution >= 0.6 is 0 Å². The fourth-order valence-corrected chi connectivity index (χ4v) is 4.05. The zero-order chi connectivity index (χ0) is 17.1. The first-order valence-electron chi connectivity index (χ1n) is 9.56. The maximum atomic E-state index is 2.50. The Balaban J connectivity index is 2.17. The average Bonchev–Trinajstić information content (AvgIpc) is 2.96. The third kappa shape index (κ3) is 3.34. The summed E-state index contributed by atoms with van der Waals surface area (Å²) in [5.41, 5.74) is 10.5. The average molecular weight is 319 g/mol. The summed E-state index contributed by atoms with van der Waals surface area (Å²) in [5, 5.41) is 0. The standard InChI is InChI=1S/C24H30/c1-5-9-20-12-13-21-15-18(14-17(3)4)16-23(21)24(20)22-11-8-7-10-19(22)6-2/h7-8,10-13,16-17H,5-6,9,14-15H2,1-4H3. The van der Waals surface area contributed by atoms with Crippen molar-refractivity contribution in [1.82, 2.24) is 0 Å². The van der Waals surface area contributed by atoms with Crippen LogP contribution in [-0.2, 0) is 19.3 Å². The summed E-state index contributed by atoms with van der Waals surface area (Å²) in [7, 11) is 0. The molecule has 0 heterocycles. The Bertz CT molecular complexity index is 747. The topological polar surface area (TPSA) is 0 Å². The van der Waals surface area contributed by atoms with Crippen LogP contribution in [0.5, 0.6) is 0 Å². The molecule has 0 spiro atoms. The predicted molar refractivity (Wildman–Crippen MR) is 106 cm³/mol. The van der Waals surface area contributed by atoms with Gasteiger partial charge in [-0.15, -0.1) is 0 Å². The lowest BCUT2D eigenvalue weighted by molar-refractivity contribution is 0.638. The van der Waals surface area contributed by atoms with Gasteiger partial charge in [0.2, 0.25) is 0 Å². The number of fused-ring (bicyclic) bond motifs is 1. The molecule has 2 aromatic carbocycles. The molecular weight excluding hydrogens is 288 g/mol. The minimum absolute atomic E-state index is 0.729. The van der Waals surface area contributed by atoms with Crippen molar-refractivity contribution in [3.8, 4) is 11.1 Å². The van der Waals surface area contributed by atoms with Crippen molar-refractivity contribution in [3.05, 3.63) is 64.2 Å². The molecule has 2 aromatic rings. The van der Waals surface area contributed by atoms with Gasteiger partial charge in [0.1, 0.15) is 0 Å². The Labute approximate surface area is 147 Å². The number of aryl methyl sites for hydroxylation is 2. The lowest BCUT2D eigenvalue weighted by Gasteiger charge is -2.17. The van der Waals surface area contributed by atoms with Crippen LogP contribution < -0.4 is 0 Å². The highest BCUT2D eigenvalue weighted by molar-refractivity contribution is 5.84. The van der Waals surface area contributed by atoms with Crippen LogP contribution in [0.25, 0.3) is 17.2 Å². The van der Waals surface area contributed by atoms with E-state index in [0.717, 1.165) is 25.2 Å². The van der Waals surface area contributed by atoms with Crippen molar-refractivity contribution in [2.24, 2.45) is 5.92 Å². The second-order valence-corrected chi connectivity index (χ2v) is 7.51. The Kier molecular flexibility index (Phi) is 5.23. The fraction of sp³-hybridized carbons (Fsp3) is 0.417. The van der Waals surface area contributed by atoms with Gasteiger partial charge in [0, 0.05) is 0 Å². The molecule has 0 radical (unpaired) electrons. The Morgan fingerprint density at radius 1 is 0.958 bits per heavy atom. The van der Waals surface area contributed by atoms with Crippen molar-refractivity contribution >= 4 is 6.08 Å². The number of allylic oxidation sites excluding steroid dienone is 1. The molecule has 126 valence electrons. The second kappa shape index (κ2) is 7.38. The lowest BCUT2D eigenvalue weighted by atomic mass is 9.87. The third-order valence-corrected chi connectivity index (χ3v) is 5.05. The minimum Gasteiger partial charge on any atom is -0.0651 e. The van der Waals surface area contributed by atoms with Crippen LogP contribution in [-0.4, -0.2) is 0 Å². The number of rotatable bonds is 6. The molecular formula is C24H30. The highest BCUT2D eigenvalue weighted by Crippen LogP contribution is 2.40. The zero-order valence-electron chi connectivity index (χ0n) is 15.7. The van der Waals surface area contributed by atoms with Crippen molar-refractivity contribution in [2.75, 3.05) is 0 Å². The molecule has 0 heteroatoms. The van der Waals surface area contributed by atoms with Gasteiger partial charge in [0.25, 0.3) is 0 Å². The number of hydrogen-bond donors (Lipinski definition) is 0. The Morgan fingerprint density at radius 3 is 2.46 bits per heavy atom. The normalized spacial score (nSPS) is 13.3. The molecule has 0 N–H and O–H groups in total. The summed E-state index contributed by atoms with van der Waals surface area (Å²) in [6.07, 6.45) is 8.30. The van der Waals surface area contributed by atoms with E-state index in [2.05, 4.69) is 70.2 Å². The third-order valence-electron chi connectivity index (χ3n) is 5.05. The van der Waals surface area contributed by atoms with E-state index >= 15 is 0 Å². The van der Waals surface area contributed by atoms with Gasteiger partial charge in [0.15, 0.2) is 0 Å². The molecule has 0 unspecified atom stereocenters. The summed E-state index contributed by atoms with van der Waals surface area (Å²) in [4.78, 5) is 0. The molecule has 0 saturated carbocycles. The van der Waals surface area contributed by atoms with Gasteiger partial charge in [-0.3, -0.25) is 0 Å². The maximum Gasteiger partial charge on any atom is -0.00575 e. The van der Waals surface area contributed by atoms with E-state index in [-0.39, 0.29) is 0 Å². The van der Waals surface area contributed by atoms with Gasteiger partial charge in [-0.1, -0.05) is 82.2 Å². The van der Waals surface area contributed by atoms with Gasteiger partial charge in [-0.25, -0.2) is 0 Å². The van der Waals surface area contributed by atoms with E-state index in [1.54, 1.807) is 5.57 Å². The summed E-state index contributed by atoms with van der Waals surface area (Å²) in [6, 6.07) is 13.7. The SMILES string of the molecule is CCCc1ccc2c(c1-c1ccccc1CC)C=C(CC(C)C)C2. The van der Waals surface area contributed by atoms with E-state index in [1.807, 2.05) is 0 Å². The van der Waals surface area contributed by atoms with Crippen LogP contribution in [0.3, 0.4) is 0 Å². The van der Waals surface area contributed by atoms with Gasteiger partial charge in [-0.2, -0.15) is 0 Å². The fourth-order valence-electron chi connectivity index (χ4n) is 4.05. The molecule has 3 rings (SSSR count). The highest BCUT2D eigenvalue weighted by Gasteiger charge is 2.20. The van der Waals surface area contributed by atoms with E-state index in [0.29, 0.717) is 0 Å². The molecule has 0 aromatic heterocycles. The minimum atomic E-state index is 0.729. The highest BCUT2D eigenvalue weighted by atomic mass is 14.2. The Morgan fingerprint density at radius 2 is 1.75 bits per heavy atom. The first kappa shape index (κ1) is 17.0. The summed E-state index contributed by atoms with van der Waals surface area (Å²) in [5.74, 6) is 0.729. The molecule has 0 bridgehead atoms. The van der Waals surface area contributed by atoms with Gasteiger partial charge in [0.05, 0.1) is 0 Å². The van der Waals surface area contributed by atoms with Gasteiger partial charge < -0.3 is 0 Å². The first-order valence-corrected chi connectivity index (χ1v) is 9.56. The molecule has 0 nitrogen and oxygen atoms in total. The summed E-state index contributed by atoms with van der Waals surface area (Å²) in [6.45, 7) is 9.18. The van der Waals surface area contributed by atoms with E-state index < -0.39 is 0 Å². The monoisotopic (exact) mass is 318 g/mol. The molecule has 0 saturated heterocycles. The molecule has 0 fully saturated rings. The van der Waals surface area contributed by atoms with Gasteiger partial charge in [-0.05, 0) is 65.0 Å². The first-order chi connectivity index (χ1) is 11.6. The number of benzene rings is 2. The van der Waals surface area contributed by atoms with Crippen LogP contribution in [0.15, 0.2) is 42.0 Å². The molecule has 1 aliphatic carbocycles. The van der Waals surface area contributed by atoms with E-state index in [9.17, 15) is 0 Å². The molecule has 24 heavy (non-hydrogen) atoms. The predicted octanol–water partition coefficient (Wildman–Crippen LogP) is 6.85. The second-order valence-electron chi connectivity index (χ2n) is 7.51. The van der Waals surface area contributed by atoms with E-state index in [1.165, 1.54) is 46.2 Å². The summed E-state index contributed by atoms with van der Waals surface area (Å²) < 4.78 is 0. The molecule has 0 aliphatic heterocycles. The van der Waals surface area contributed by atoms with E-state index in [4.69, 9.17) is 0 Å². The summed E-state index contributed by atoms with van der Waals surface area (Å²) >= 11 is 0. The van der Waals surface area contributed by atoms with Crippen LogP contribution in [0.2, 0.25) is 0 Å². The van der Waals surface area contributed by atoms with Crippen molar-refractivity contribution in [1.29, 1.82) is 0 Å². The quantitative estimate of drug-likeness (QED) is 0.546. The zero-order valence-corrected chi connectivity index (χ0v) is 15.7. The molecule has 0 atom stereocenters. The van der Waals surface area contributed by atoms with Crippen molar-refractivity contribution in [2.45, 2.75) is 59.8 Å². The lowest BCUT2D eigenvalue weighted by Crippen LogP contribution is -1.98. The molecule has 1 aliphatic rings. The van der Waals surface area contributed by atoms with Crippen LogP contribution in [0, 0.1) is 5.92 Å². The maximum absolute atomic E-state index is 2.50. The largest absolute Gasteiger partial charge is 0.0651 e. The van der Waals surface area contributed by atoms with Crippen LogP contribution in [0.1, 0.15) is 62.8 Å². The van der Waals surface area contributed by atoms with Gasteiger partial charge >= 0.3 is 0 Å². The smallest absolute Gasteiger partial charge is 0.00575 e.